The van der Waals surface area contributed by atoms with Gasteiger partial charge in [-0.05, 0) is 31.0 Å². The van der Waals surface area contributed by atoms with Crippen LogP contribution in [0.5, 0.6) is 0 Å². The minimum Gasteiger partial charge on any atom is -0.290 e. The van der Waals surface area contributed by atoms with Gasteiger partial charge in [-0.25, -0.2) is 10.2 Å². The molecule has 21 heavy (non-hydrogen) atoms. The molecule has 0 spiro atoms. The summed E-state index contributed by atoms with van der Waals surface area (Å²) in [6.45, 7) is -0.171. The van der Waals surface area contributed by atoms with Crippen molar-refractivity contribution >= 4 is 17.7 Å². The largest absolute Gasteiger partial charge is 0.290 e. The van der Waals surface area contributed by atoms with Crippen molar-refractivity contribution in [1.82, 2.24) is 10.3 Å². The molecule has 3 N–H and O–H groups in total. The molecular weight excluding hydrogens is 277 g/mol. The predicted molar refractivity (Wildman–Crippen MR) is 72.1 cm³/mol. The average Bonchev–Trinajstić information content (AvgIpc) is 2.63. The summed E-state index contributed by atoms with van der Waals surface area (Å²) >= 11 is 0. The number of benzene rings is 1. The number of nitrogens with zero attached hydrogens (tertiary/aromatic N) is 1. The van der Waals surface area contributed by atoms with E-state index in [4.69, 9.17) is 5.84 Å². The van der Waals surface area contributed by atoms with Gasteiger partial charge in [0.25, 0.3) is 5.91 Å². The Balaban J connectivity index is 2.26. The Morgan fingerprint density at radius 3 is 2.43 bits per heavy atom. The molecule has 7 heteroatoms. The van der Waals surface area contributed by atoms with Crippen LogP contribution in [0.2, 0.25) is 0 Å². The first-order chi connectivity index (χ1) is 10.0. The molecule has 1 aliphatic heterocycles. The van der Waals surface area contributed by atoms with Crippen molar-refractivity contribution in [1.29, 1.82) is 0 Å². The van der Waals surface area contributed by atoms with Crippen molar-refractivity contribution < 1.29 is 18.8 Å². The van der Waals surface area contributed by atoms with Crippen LogP contribution < -0.4 is 11.3 Å². The molecule has 1 aromatic carbocycles. The van der Waals surface area contributed by atoms with E-state index < -0.39 is 11.7 Å². The van der Waals surface area contributed by atoms with Crippen LogP contribution in [0, 0.1) is 5.82 Å². The van der Waals surface area contributed by atoms with E-state index in [0.29, 0.717) is 12.8 Å². The molecule has 1 fully saturated rings. The van der Waals surface area contributed by atoms with Crippen LogP contribution in [-0.4, -0.2) is 22.6 Å². The summed E-state index contributed by atoms with van der Waals surface area (Å²) in [5.74, 6) is 3.26. The summed E-state index contributed by atoms with van der Waals surface area (Å²) < 4.78 is 13.8. The lowest BCUT2D eigenvalue weighted by Crippen LogP contribution is -2.35. The molecule has 0 unspecified atom stereocenters. The van der Waals surface area contributed by atoms with Crippen molar-refractivity contribution in [2.45, 2.75) is 32.2 Å². The quantitative estimate of drug-likeness (QED) is 0.374. The summed E-state index contributed by atoms with van der Waals surface area (Å²) in [6, 6.07) is 3.70. The minimum atomic E-state index is -0.576. The molecule has 112 valence electrons. The summed E-state index contributed by atoms with van der Waals surface area (Å²) in [7, 11) is 0. The third kappa shape index (κ3) is 3.43. The Bertz CT molecular complexity index is 571. The van der Waals surface area contributed by atoms with Gasteiger partial charge in [0.2, 0.25) is 11.8 Å². The Morgan fingerprint density at radius 2 is 1.86 bits per heavy atom. The van der Waals surface area contributed by atoms with Gasteiger partial charge in [0.05, 0.1) is 6.54 Å². The van der Waals surface area contributed by atoms with Crippen LogP contribution in [0.3, 0.4) is 0 Å². The number of amides is 3. The number of nitrogen functional groups attached to an aromatic ring is 1. The molecule has 0 aliphatic carbocycles. The van der Waals surface area contributed by atoms with Crippen LogP contribution in [0.25, 0.3) is 0 Å². The molecule has 2 rings (SSSR count). The van der Waals surface area contributed by atoms with E-state index in [-0.39, 0.29) is 42.3 Å². The van der Waals surface area contributed by atoms with Crippen molar-refractivity contribution in [2.24, 2.45) is 5.84 Å². The molecule has 0 bridgehead atoms. The molecule has 6 nitrogen and oxygen atoms in total. The molecule has 3 amide bonds. The van der Waals surface area contributed by atoms with E-state index in [1.807, 2.05) is 5.43 Å². The smallest absolute Gasteiger partial charge is 0.265 e. The Hall–Kier alpha value is -2.28. The first kappa shape index (κ1) is 15.1. The number of nitrogens with one attached hydrogen (secondary N) is 1. The lowest BCUT2D eigenvalue weighted by Gasteiger charge is -2.19. The van der Waals surface area contributed by atoms with E-state index in [2.05, 4.69) is 0 Å². The number of hydrogen-bond donors (Lipinski definition) is 2. The third-order valence-electron chi connectivity index (χ3n) is 3.40. The van der Waals surface area contributed by atoms with Crippen LogP contribution in [0.15, 0.2) is 18.2 Å². The number of rotatable bonds is 3. The standard InChI is InChI=1S/C14H16FN3O3/c15-11-6-5-9(14(21)17-16)7-10(11)8-18-12(19)3-1-2-4-13(18)20/h5-7H,1-4,8,16H2,(H,17,21). The van der Waals surface area contributed by atoms with E-state index in [1.165, 1.54) is 12.1 Å². The fourth-order valence-corrected chi connectivity index (χ4v) is 2.23. The van der Waals surface area contributed by atoms with Gasteiger partial charge < -0.3 is 0 Å². The Morgan fingerprint density at radius 1 is 1.24 bits per heavy atom. The number of imide groups is 1. The van der Waals surface area contributed by atoms with E-state index in [1.54, 1.807) is 0 Å². The minimum absolute atomic E-state index is 0.111. The van der Waals surface area contributed by atoms with Crippen molar-refractivity contribution in [3.05, 3.63) is 35.1 Å². The number of carbonyl (C=O) groups excluding carboxylic acids is 3. The van der Waals surface area contributed by atoms with Crippen molar-refractivity contribution in [3.63, 3.8) is 0 Å². The van der Waals surface area contributed by atoms with Crippen molar-refractivity contribution in [2.75, 3.05) is 0 Å². The Kier molecular flexibility index (Phi) is 4.64. The number of halogens is 1. The fraction of sp³-hybridized carbons (Fsp3) is 0.357. The van der Waals surface area contributed by atoms with Crippen LogP contribution in [0.1, 0.15) is 41.6 Å². The maximum absolute atomic E-state index is 13.8. The topological polar surface area (TPSA) is 92.5 Å². The maximum atomic E-state index is 13.8. The molecule has 1 heterocycles. The van der Waals surface area contributed by atoms with Gasteiger partial charge in [-0.3, -0.25) is 24.7 Å². The molecule has 0 saturated carbocycles. The maximum Gasteiger partial charge on any atom is 0.265 e. The molecule has 0 aromatic heterocycles. The van der Waals surface area contributed by atoms with Crippen molar-refractivity contribution in [3.8, 4) is 0 Å². The second-order valence-electron chi connectivity index (χ2n) is 4.86. The zero-order valence-electron chi connectivity index (χ0n) is 11.4. The monoisotopic (exact) mass is 293 g/mol. The first-order valence-electron chi connectivity index (χ1n) is 6.65. The summed E-state index contributed by atoms with van der Waals surface area (Å²) in [6.07, 6.45) is 1.85. The highest BCUT2D eigenvalue weighted by Crippen LogP contribution is 2.18. The second kappa shape index (κ2) is 6.45. The molecule has 1 aliphatic rings. The number of hydrazine groups is 1. The first-order valence-corrected chi connectivity index (χ1v) is 6.65. The predicted octanol–water partition coefficient (Wildman–Crippen LogP) is 0.858. The highest BCUT2D eigenvalue weighted by molar-refractivity contribution is 5.96. The van der Waals surface area contributed by atoms with Gasteiger partial charge in [0, 0.05) is 24.0 Å². The summed E-state index contributed by atoms with van der Waals surface area (Å²) in [5, 5.41) is 0. The molecular formula is C14H16FN3O3. The second-order valence-corrected chi connectivity index (χ2v) is 4.86. The van der Waals surface area contributed by atoms with Gasteiger partial charge in [-0.15, -0.1) is 0 Å². The number of likely N-dealkylation sites (tertiary alicyclic amines) is 1. The van der Waals surface area contributed by atoms with Crippen LogP contribution in [0.4, 0.5) is 4.39 Å². The van der Waals surface area contributed by atoms with Gasteiger partial charge in [-0.2, -0.15) is 0 Å². The fourth-order valence-electron chi connectivity index (χ4n) is 2.23. The van der Waals surface area contributed by atoms with Gasteiger partial charge in [-0.1, -0.05) is 0 Å². The SMILES string of the molecule is NNC(=O)c1ccc(F)c(CN2C(=O)CCCCC2=O)c1. The number of hydrogen-bond acceptors (Lipinski definition) is 4. The zero-order chi connectivity index (χ0) is 15.4. The molecule has 0 atom stereocenters. The zero-order valence-corrected chi connectivity index (χ0v) is 11.4. The van der Waals surface area contributed by atoms with Gasteiger partial charge in [0.15, 0.2) is 0 Å². The van der Waals surface area contributed by atoms with Crippen LogP contribution >= 0.6 is 0 Å². The van der Waals surface area contributed by atoms with E-state index >= 15 is 0 Å². The van der Waals surface area contributed by atoms with E-state index in [9.17, 15) is 18.8 Å². The molecule has 1 aromatic rings. The van der Waals surface area contributed by atoms with Gasteiger partial charge in [0.1, 0.15) is 5.82 Å². The Labute approximate surface area is 121 Å². The average molecular weight is 293 g/mol. The highest BCUT2D eigenvalue weighted by Gasteiger charge is 2.25. The lowest BCUT2D eigenvalue weighted by atomic mass is 10.1. The summed E-state index contributed by atoms with van der Waals surface area (Å²) in [4.78, 5) is 36.3. The van der Waals surface area contributed by atoms with E-state index in [0.717, 1.165) is 11.0 Å². The van der Waals surface area contributed by atoms with Crippen LogP contribution in [-0.2, 0) is 16.1 Å². The summed E-state index contributed by atoms with van der Waals surface area (Å²) in [5.41, 5.74) is 2.23. The normalized spacial score (nSPS) is 15.8. The number of nitrogens with two attached hydrogens (primary N) is 1. The number of carbonyl (C=O) groups is 3. The molecule has 1 saturated heterocycles. The van der Waals surface area contributed by atoms with Gasteiger partial charge >= 0.3 is 0 Å². The molecule has 0 radical (unpaired) electrons. The lowest BCUT2D eigenvalue weighted by molar-refractivity contribution is -0.144. The third-order valence-corrected chi connectivity index (χ3v) is 3.40. The highest BCUT2D eigenvalue weighted by atomic mass is 19.1.